The van der Waals surface area contributed by atoms with Crippen molar-refractivity contribution in [2.24, 2.45) is 5.92 Å². The summed E-state index contributed by atoms with van der Waals surface area (Å²) in [5.74, 6) is 1.96. The van der Waals surface area contributed by atoms with Crippen LogP contribution >= 0.6 is 0 Å². The van der Waals surface area contributed by atoms with E-state index < -0.39 is 14.2 Å². The maximum absolute atomic E-state index is 12.6. The lowest BCUT2D eigenvalue weighted by Crippen LogP contribution is -2.43. The SMILES string of the molecule is CC(C)CN(C[C@H](C)NC(=O)OCc1ccccc1)c1cc(-c2c3cc(OC4(C)CC4)ccc3nn2COCC[Si](C)(C)C)ncn1. The monoisotopic (exact) mass is 658 g/mol. The summed E-state index contributed by atoms with van der Waals surface area (Å²) in [5.41, 5.74) is 3.31. The number of nitrogens with one attached hydrogen (secondary N) is 1. The molecule has 1 amide bonds. The van der Waals surface area contributed by atoms with Gasteiger partial charge in [0.25, 0.3) is 0 Å². The van der Waals surface area contributed by atoms with Crippen molar-refractivity contribution in [1.29, 1.82) is 0 Å². The van der Waals surface area contributed by atoms with Crippen LogP contribution in [0.4, 0.5) is 10.6 Å². The van der Waals surface area contributed by atoms with E-state index in [4.69, 9.17) is 24.3 Å². The first-order valence-electron chi connectivity index (χ1n) is 16.7. The molecule has 0 unspecified atom stereocenters. The molecule has 1 aliphatic rings. The molecule has 2 heterocycles. The molecule has 1 N–H and O–H groups in total. The molecule has 0 spiro atoms. The number of fused-ring (bicyclic) bond motifs is 1. The average molecular weight is 659 g/mol. The van der Waals surface area contributed by atoms with Crippen LogP contribution in [0, 0.1) is 5.92 Å². The topological polar surface area (TPSA) is 104 Å². The number of aromatic nitrogens is 4. The number of hydrogen-bond acceptors (Lipinski definition) is 8. The summed E-state index contributed by atoms with van der Waals surface area (Å²) in [6.45, 7) is 18.0. The lowest BCUT2D eigenvalue weighted by atomic mass is 10.1. The molecule has 2 aromatic heterocycles. The summed E-state index contributed by atoms with van der Waals surface area (Å²) in [6, 6.07) is 18.6. The first-order valence-corrected chi connectivity index (χ1v) is 20.4. The van der Waals surface area contributed by atoms with Crippen molar-refractivity contribution in [2.75, 3.05) is 24.6 Å². The molecule has 5 rings (SSSR count). The van der Waals surface area contributed by atoms with Gasteiger partial charge < -0.3 is 24.4 Å². The van der Waals surface area contributed by atoms with Crippen LogP contribution in [0.1, 0.15) is 46.1 Å². The predicted molar refractivity (Wildman–Crippen MR) is 189 cm³/mol. The van der Waals surface area contributed by atoms with Crippen LogP contribution in [0.25, 0.3) is 22.3 Å². The number of alkyl carbamates (subject to hydrolysis) is 1. The molecule has 1 atom stereocenters. The van der Waals surface area contributed by atoms with Gasteiger partial charge in [-0.3, -0.25) is 0 Å². The lowest BCUT2D eigenvalue weighted by molar-refractivity contribution is 0.0802. The fraction of sp³-hybridized carbons (Fsp3) is 0.500. The van der Waals surface area contributed by atoms with Gasteiger partial charge in [-0.05, 0) is 62.4 Å². The van der Waals surface area contributed by atoms with Crippen molar-refractivity contribution in [2.45, 2.75) is 91.2 Å². The van der Waals surface area contributed by atoms with Crippen molar-refractivity contribution < 1.29 is 19.0 Å². The molecule has 0 saturated heterocycles. The normalized spacial score (nSPS) is 14.6. The van der Waals surface area contributed by atoms with Crippen molar-refractivity contribution in [3.63, 3.8) is 0 Å². The highest BCUT2D eigenvalue weighted by Crippen LogP contribution is 2.41. The zero-order valence-electron chi connectivity index (χ0n) is 29.0. The summed E-state index contributed by atoms with van der Waals surface area (Å²) >= 11 is 0. The highest BCUT2D eigenvalue weighted by atomic mass is 28.3. The molecular weight excluding hydrogens is 609 g/mol. The molecule has 1 fully saturated rings. The van der Waals surface area contributed by atoms with Gasteiger partial charge in [0.15, 0.2) is 0 Å². The van der Waals surface area contributed by atoms with Gasteiger partial charge >= 0.3 is 6.09 Å². The van der Waals surface area contributed by atoms with Gasteiger partial charge in [-0.15, -0.1) is 0 Å². The van der Waals surface area contributed by atoms with Gasteiger partial charge in [0.1, 0.15) is 36.8 Å². The Morgan fingerprint density at radius 3 is 2.51 bits per heavy atom. The van der Waals surface area contributed by atoms with Crippen LogP contribution < -0.4 is 15.0 Å². The molecule has 11 heteroatoms. The lowest BCUT2D eigenvalue weighted by Gasteiger charge is -2.29. The smallest absolute Gasteiger partial charge is 0.407 e. The van der Waals surface area contributed by atoms with Crippen molar-refractivity contribution in [3.05, 3.63) is 66.5 Å². The fourth-order valence-corrected chi connectivity index (χ4v) is 6.08. The van der Waals surface area contributed by atoms with Gasteiger partial charge in [-0.25, -0.2) is 19.4 Å². The number of nitrogens with zero attached hydrogens (tertiary/aromatic N) is 5. The number of rotatable bonds is 16. The largest absolute Gasteiger partial charge is 0.488 e. The Labute approximate surface area is 279 Å². The molecule has 0 aliphatic heterocycles. The number of hydrogen-bond donors (Lipinski definition) is 1. The maximum Gasteiger partial charge on any atom is 0.407 e. The summed E-state index contributed by atoms with van der Waals surface area (Å²) in [6.07, 6.45) is 3.27. The van der Waals surface area contributed by atoms with Gasteiger partial charge in [0, 0.05) is 45.3 Å². The van der Waals surface area contributed by atoms with E-state index in [1.165, 1.54) is 0 Å². The molecule has 0 bridgehead atoms. The molecule has 252 valence electrons. The number of carbonyl (C=O) groups excluding carboxylic acids is 1. The van der Waals surface area contributed by atoms with Crippen LogP contribution in [0.3, 0.4) is 0 Å². The van der Waals surface area contributed by atoms with Crippen molar-refractivity contribution >= 4 is 30.9 Å². The molecule has 10 nitrogen and oxygen atoms in total. The number of amides is 1. The zero-order chi connectivity index (χ0) is 33.6. The van der Waals surface area contributed by atoms with Crippen LogP contribution in [-0.4, -0.2) is 65.3 Å². The molecular formula is C36H50N6O4Si. The van der Waals surface area contributed by atoms with E-state index in [1.54, 1.807) is 6.33 Å². The molecule has 1 saturated carbocycles. The molecule has 1 aliphatic carbocycles. The van der Waals surface area contributed by atoms with Crippen molar-refractivity contribution in [1.82, 2.24) is 25.1 Å². The first kappa shape index (κ1) is 34.4. The summed E-state index contributed by atoms with van der Waals surface area (Å²) in [5, 5.41) is 8.87. The summed E-state index contributed by atoms with van der Waals surface area (Å²) < 4.78 is 19.9. The van der Waals surface area contributed by atoms with E-state index in [9.17, 15) is 4.79 Å². The van der Waals surface area contributed by atoms with Crippen LogP contribution in [-0.2, 0) is 22.8 Å². The van der Waals surface area contributed by atoms with Crippen molar-refractivity contribution in [3.8, 4) is 17.1 Å². The van der Waals surface area contributed by atoms with Crippen LogP contribution in [0.5, 0.6) is 5.75 Å². The third-order valence-corrected chi connectivity index (χ3v) is 9.82. The predicted octanol–water partition coefficient (Wildman–Crippen LogP) is 7.51. The van der Waals surface area contributed by atoms with E-state index in [0.717, 1.165) is 64.9 Å². The molecule has 2 aromatic carbocycles. The summed E-state index contributed by atoms with van der Waals surface area (Å²) in [4.78, 5) is 24.2. The minimum atomic E-state index is -1.24. The second-order valence-corrected chi connectivity index (χ2v) is 20.2. The van der Waals surface area contributed by atoms with E-state index >= 15 is 0 Å². The highest BCUT2D eigenvalue weighted by molar-refractivity contribution is 6.76. The number of anilines is 1. The van der Waals surface area contributed by atoms with Gasteiger partial charge in [0.2, 0.25) is 0 Å². The maximum atomic E-state index is 12.6. The quantitative estimate of drug-likeness (QED) is 0.0975. The van der Waals surface area contributed by atoms with E-state index in [-0.39, 0.29) is 18.2 Å². The summed E-state index contributed by atoms with van der Waals surface area (Å²) in [7, 11) is -1.24. The van der Waals surface area contributed by atoms with Gasteiger partial charge in [0.05, 0.1) is 16.9 Å². The fourth-order valence-electron chi connectivity index (χ4n) is 5.32. The average Bonchev–Trinajstić information content (AvgIpc) is 3.63. The van der Waals surface area contributed by atoms with Gasteiger partial charge in [-0.2, -0.15) is 5.10 Å². The zero-order valence-corrected chi connectivity index (χ0v) is 30.0. The Balaban J connectivity index is 1.38. The second-order valence-electron chi connectivity index (χ2n) is 14.6. The second kappa shape index (κ2) is 14.9. The van der Waals surface area contributed by atoms with Crippen LogP contribution in [0.15, 0.2) is 60.9 Å². The van der Waals surface area contributed by atoms with E-state index in [2.05, 4.69) is 61.7 Å². The number of carbonyl (C=O) groups is 1. The number of ether oxygens (including phenoxy) is 3. The van der Waals surface area contributed by atoms with Gasteiger partial charge in [-0.1, -0.05) is 63.8 Å². The Hall–Kier alpha value is -3.96. The van der Waals surface area contributed by atoms with E-state index in [0.29, 0.717) is 25.8 Å². The molecule has 47 heavy (non-hydrogen) atoms. The minimum absolute atomic E-state index is 0.0953. The Kier molecular flexibility index (Phi) is 10.9. The third kappa shape index (κ3) is 10.0. The molecule has 4 aromatic rings. The Morgan fingerprint density at radius 1 is 1.04 bits per heavy atom. The first-order chi connectivity index (χ1) is 22.4. The Morgan fingerprint density at radius 2 is 1.81 bits per heavy atom. The minimum Gasteiger partial charge on any atom is -0.488 e. The standard InChI is InChI=1S/C36H50N6O4Si/c1-26(2)21-41(22-27(3)39-35(43)45-23-28-11-9-8-10-12-28)33-20-32(37-24-38-33)34-30-19-29(46-36(4)15-16-36)13-14-31(30)40-42(34)25-44-17-18-47(5,6)7/h8-14,19-20,24,26-27H,15-18,21-23,25H2,1-7H3,(H,39,43)/t27-/m0/s1. The third-order valence-electron chi connectivity index (χ3n) is 8.11. The van der Waals surface area contributed by atoms with Crippen LogP contribution in [0.2, 0.25) is 25.7 Å². The highest BCUT2D eigenvalue weighted by Gasteiger charge is 2.40. The molecule has 0 radical (unpaired) electrons. The van der Waals surface area contributed by atoms with E-state index in [1.807, 2.05) is 60.1 Å². The number of benzene rings is 2. The Bertz CT molecular complexity index is 1630.